The molecule has 0 bridgehead atoms. The molecule has 0 aromatic heterocycles. The van der Waals surface area contributed by atoms with Gasteiger partial charge in [-0.15, -0.1) is 0 Å². The molecule has 0 aromatic carbocycles. The van der Waals surface area contributed by atoms with Crippen LogP contribution in [-0.4, -0.2) is 87.5 Å². The quantitative estimate of drug-likeness (QED) is 0.517. The second kappa shape index (κ2) is 14.3. The standard InChI is InChI=1S/C6H12O3S2.2Na.2H2O/c7-11(10)8-5-3-1-2-4-6-9-11;;;;/h1-6H2;;;2*1H2. The van der Waals surface area contributed by atoms with Gasteiger partial charge in [-0.2, -0.15) is 4.21 Å². The second-order valence-electron chi connectivity index (χ2n) is 2.47. The average molecular weight is 278 g/mol. The van der Waals surface area contributed by atoms with E-state index in [9.17, 15) is 4.21 Å². The zero-order valence-electron chi connectivity index (χ0n) is 9.28. The molecular weight excluding hydrogens is 262 g/mol. The van der Waals surface area contributed by atoms with Crippen molar-refractivity contribution in [1.82, 2.24) is 0 Å². The number of hydrogen-bond donors (Lipinski definition) is 0. The summed E-state index contributed by atoms with van der Waals surface area (Å²) in [6.45, 7) is 0.921. The van der Waals surface area contributed by atoms with Crippen molar-refractivity contribution in [3.05, 3.63) is 0 Å². The van der Waals surface area contributed by atoms with E-state index >= 15 is 0 Å². The number of rotatable bonds is 0. The summed E-state index contributed by atoms with van der Waals surface area (Å²) in [5.74, 6) is 0. The molecule has 2 radical (unpaired) electrons. The topological polar surface area (TPSA) is 98.5 Å². The molecule has 84 valence electrons. The van der Waals surface area contributed by atoms with Gasteiger partial charge in [0.15, 0.2) is 0 Å². The summed E-state index contributed by atoms with van der Waals surface area (Å²) < 4.78 is 20.8. The molecule has 1 rings (SSSR count). The molecule has 1 aliphatic rings. The Bertz CT molecular complexity index is 194. The molecule has 0 aromatic rings. The predicted molar refractivity (Wildman–Crippen MR) is 64.6 cm³/mol. The van der Waals surface area contributed by atoms with Crippen LogP contribution in [0.2, 0.25) is 0 Å². The fourth-order valence-corrected chi connectivity index (χ4v) is 2.03. The van der Waals surface area contributed by atoms with Crippen molar-refractivity contribution < 1.29 is 23.5 Å². The van der Waals surface area contributed by atoms with Crippen molar-refractivity contribution in [3.8, 4) is 0 Å². The van der Waals surface area contributed by atoms with Crippen LogP contribution in [0.3, 0.4) is 0 Å². The van der Waals surface area contributed by atoms with Gasteiger partial charge >= 0.3 is 0 Å². The van der Waals surface area contributed by atoms with Crippen LogP contribution in [0.4, 0.5) is 0 Å². The monoisotopic (exact) mass is 278 g/mol. The van der Waals surface area contributed by atoms with Crippen LogP contribution < -0.4 is 0 Å². The first-order valence-corrected chi connectivity index (χ1v) is 6.08. The van der Waals surface area contributed by atoms with Crippen LogP contribution in [0.1, 0.15) is 25.7 Å². The van der Waals surface area contributed by atoms with Crippen LogP contribution in [-0.2, 0) is 28.6 Å². The van der Waals surface area contributed by atoms with Crippen molar-refractivity contribution >= 4 is 79.4 Å². The first kappa shape index (κ1) is 25.9. The summed E-state index contributed by atoms with van der Waals surface area (Å²) in [5.41, 5.74) is 0. The number of hydrogen-bond acceptors (Lipinski definition) is 4. The normalized spacial score (nSPS) is 19.5. The minimum Gasteiger partial charge on any atom is -0.412 e. The fraction of sp³-hybridized carbons (Fsp3) is 1.00. The van der Waals surface area contributed by atoms with E-state index in [0.29, 0.717) is 13.2 Å². The second-order valence-corrected chi connectivity index (χ2v) is 4.98. The van der Waals surface area contributed by atoms with Crippen molar-refractivity contribution in [2.45, 2.75) is 25.7 Å². The van der Waals surface area contributed by atoms with Gasteiger partial charge in [0.05, 0.1) is 13.2 Å². The molecule has 0 amide bonds. The fourth-order valence-electron chi connectivity index (χ4n) is 0.914. The Labute approximate surface area is 140 Å². The van der Waals surface area contributed by atoms with Crippen molar-refractivity contribution in [3.63, 3.8) is 0 Å². The van der Waals surface area contributed by atoms with Crippen LogP contribution in [0.5, 0.6) is 0 Å². The molecule has 1 aliphatic heterocycles. The molecule has 0 atom stereocenters. The molecule has 15 heavy (non-hydrogen) atoms. The van der Waals surface area contributed by atoms with Crippen LogP contribution in [0.25, 0.3) is 0 Å². The SMILES string of the molecule is O.O.O=S1(=S)OCCCCCCO1.[Na].[Na]. The Morgan fingerprint density at radius 3 is 1.53 bits per heavy atom. The molecule has 5 nitrogen and oxygen atoms in total. The van der Waals surface area contributed by atoms with E-state index in [4.69, 9.17) is 8.37 Å². The Kier molecular flexibility index (Phi) is 24.7. The van der Waals surface area contributed by atoms with Gasteiger partial charge < -0.3 is 11.0 Å². The molecule has 1 fully saturated rings. The molecule has 4 N–H and O–H groups in total. The van der Waals surface area contributed by atoms with Gasteiger partial charge in [0.1, 0.15) is 0 Å². The minimum atomic E-state index is -2.83. The van der Waals surface area contributed by atoms with E-state index in [1.54, 1.807) is 0 Å². The molecule has 0 aliphatic carbocycles. The molecule has 0 spiro atoms. The van der Waals surface area contributed by atoms with E-state index in [1.165, 1.54) is 0 Å². The van der Waals surface area contributed by atoms with Crippen LogP contribution in [0, 0.1) is 0 Å². The predicted octanol–water partition coefficient (Wildman–Crippen LogP) is -1.24. The van der Waals surface area contributed by atoms with E-state index in [1.807, 2.05) is 0 Å². The first-order valence-electron chi connectivity index (χ1n) is 3.74. The van der Waals surface area contributed by atoms with Gasteiger partial charge in [-0.3, -0.25) is 8.37 Å². The van der Waals surface area contributed by atoms with E-state index in [2.05, 4.69) is 11.2 Å². The summed E-state index contributed by atoms with van der Waals surface area (Å²) in [4.78, 5) is 0. The van der Waals surface area contributed by atoms with E-state index in [-0.39, 0.29) is 70.1 Å². The third kappa shape index (κ3) is 14.1. The summed E-state index contributed by atoms with van der Waals surface area (Å²) >= 11 is 4.59. The van der Waals surface area contributed by atoms with Crippen LogP contribution in [0.15, 0.2) is 0 Å². The largest absolute Gasteiger partial charge is 0.412 e. The van der Waals surface area contributed by atoms with Crippen molar-refractivity contribution in [1.29, 1.82) is 0 Å². The third-order valence-corrected chi connectivity index (χ3v) is 2.98. The van der Waals surface area contributed by atoms with E-state index in [0.717, 1.165) is 25.7 Å². The maximum absolute atomic E-state index is 11.1. The summed E-state index contributed by atoms with van der Waals surface area (Å²) in [7, 11) is -2.83. The third-order valence-electron chi connectivity index (χ3n) is 1.49. The maximum Gasteiger partial charge on any atom is 0.269 e. The molecule has 1 heterocycles. The van der Waals surface area contributed by atoms with Crippen molar-refractivity contribution in [2.24, 2.45) is 0 Å². The van der Waals surface area contributed by atoms with Gasteiger partial charge in [0.25, 0.3) is 9.05 Å². The summed E-state index contributed by atoms with van der Waals surface area (Å²) in [5, 5.41) is 0. The van der Waals surface area contributed by atoms with Crippen molar-refractivity contribution in [2.75, 3.05) is 13.2 Å². The summed E-state index contributed by atoms with van der Waals surface area (Å²) in [6, 6.07) is 0. The van der Waals surface area contributed by atoms with Crippen LogP contribution >= 0.6 is 0 Å². The molecule has 0 saturated carbocycles. The Hall–Kier alpha value is 2.21. The van der Waals surface area contributed by atoms with Gasteiger partial charge in [0.2, 0.25) is 0 Å². The van der Waals surface area contributed by atoms with E-state index < -0.39 is 9.05 Å². The smallest absolute Gasteiger partial charge is 0.269 e. The Morgan fingerprint density at radius 2 is 1.20 bits per heavy atom. The Balaban J connectivity index is -0.000000151. The van der Waals surface area contributed by atoms with Gasteiger partial charge in [0, 0.05) is 70.3 Å². The zero-order valence-corrected chi connectivity index (χ0v) is 14.9. The molecule has 1 saturated heterocycles. The first-order chi connectivity index (χ1) is 5.21. The minimum absolute atomic E-state index is 0. The molecule has 0 unspecified atom stereocenters. The average Bonchev–Trinajstić information content (AvgIpc) is 2.00. The molecule has 9 heteroatoms. The Morgan fingerprint density at radius 1 is 0.867 bits per heavy atom. The van der Waals surface area contributed by atoms with Gasteiger partial charge in [-0.25, -0.2) is 0 Å². The zero-order chi connectivity index (χ0) is 8.16. The van der Waals surface area contributed by atoms with Gasteiger partial charge in [-0.05, 0) is 12.8 Å². The van der Waals surface area contributed by atoms with Gasteiger partial charge in [-0.1, -0.05) is 12.8 Å². The maximum atomic E-state index is 11.1. The molecular formula is C6H16Na2O5S2. The summed E-state index contributed by atoms with van der Waals surface area (Å²) in [6.07, 6.45) is 4.07.